The molecule has 0 bridgehead atoms. The van der Waals surface area contributed by atoms with Crippen molar-refractivity contribution in [1.29, 1.82) is 0 Å². The Morgan fingerprint density at radius 3 is 2.59 bits per heavy atom. The third-order valence-corrected chi connectivity index (χ3v) is 3.95. The number of hydrogen-bond donors (Lipinski definition) is 2. The van der Waals surface area contributed by atoms with Gasteiger partial charge in [0.25, 0.3) is 0 Å². The second-order valence-corrected chi connectivity index (χ2v) is 5.79. The number of methoxy groups -OCH3 is 2. The van der Waals surface area contributed by atoms with Gasteiger partial charge in [-0.05, 0) is 17.7 Å². The van der Waals surface area contributed by atoms with Gasteiger partial charge < -0.3 is 25.0 Å². The topological polar surface area (TPSA) is 94.9 Å². The summed E-state index contributed by atoms with van der Waals surface area (Å²) in [6.45, 7) is 0.852. The Hall–Kier alpha value is -3.48. The molecule has 0 aliphatic heterocycles. The number of benzene rings is 2. The predicted octanol–water partition coefficient (Wildman–Crippen LogP) is 2.96. The number of nitrogens with zero attached hydrogens (tertiary/aromatic N) is 2. The lowest BCUT2D eigenvalue weighted by Crippen LogP contribution is -2.31. The maximum absolute atomic E-state index is 5.94. The van der Waals surface area contributed by atoms with E-state index >= 15 is 0 Å². The van der Waals surface area contributed by atoms with Crippen LogP contribution in [0.5, 0.6) is 11.5 Å². The van der Waals surface area contributed by atoms with Crippen LogP contribution in [-0.2, 0) is 13.1 Å². The lowest BCUT2D eigenvalue weighted by atomic mass is 10.2. The van der Waals surface area contributed by atoms with Crippen LogP contribution in [-0.4, -0.2) is 25.3 Å². The highest BCUT2D eigenvalue weighted by molar-refractivity contribution is 5.77. The van der Waals surface area contributed by atoms with Crippen molar-refractivity contribution in [2.45, 2.75) is 13.1 Å². The van der Waals surface area contributed by atoms with E-state index in [9.17, 15) is 0 Å². The van der Waals surface area contributed by atoms with Gasteiger partial charge in [-0.15, -0.1) is 0 Å². The van der Waals surface area contributed by atoms with Gasteiger partial charge in [-0.2, -0.15) is 0 Å². The molecule has 140 valence electrons. The van der Waals surface area contributed by atoms with Crippen LogP contribution >= 0.6 is 0 Å². The molecule has 0 aliphatic rings. The number of nitrogens with two attached hydrogens (primary N) is 1. The fraction of sp³-hybridized carbons (Fsp3) is 0.200. The van der Waals surface area contributed by atoms with Crippen LogP contribution in [0.25, 0.3) is 11.3 Å². The first kappa shape index (κ1) is 18.3. The van der Waals surface area contributed by atoms with E-state index < -0.39 is 0 Å². The maximum atomic E-state index is 5.94. The molecule has 0 atom stereocenters. The van der Waals surface area contributed by atoms with Crippen molar-refractivity contribution in [3.63, 3.8) is 0 Å². The van der Waals surface area contributed by atoms with Gasteiger partial charge in [0, 0.05) is 11.6 Å². The number of aliphatic imine (C=N–C) groups is 1. The molecule has 1 heterocycles. The SMILES string of the molecule is COc1ccc(CN=C(N)NCc2cc(-c3ccccc3)on2)cc1OC. The number of guanidine groups is 1. The Labute approximate surface area is 157 Å². The van der Waals surface area contributed by atoms with Crippen molar-refractivity contribution in [1.82, 2.24) is 10.5 Å². The molecular formula is C20H22N4O3. The smallest absolute Gasteiger partial charge is 0.189 e. The van der Waals surface area contributed by atoms with E-state index in [4.69, 9.17) is 19.7 Å². The summed E-state index contributed by atoms with van der Waals surface area (Å²) < 4.78 is 15.9. The molecular weight excluding hydrogens is 344 g/mol. The first-order valence-electron chi connectivity index (χ1n) is 8.45. The van der Waals surface area contributed by atoms with Gasteiger partial charge in [0.15, 0.2) is 23.2 Å². The van der Waals surface area contributed by atoms with Crippen LogP contribution < -0.4 is 20.5 Å². The molecule has 0 amide bonds. The fourth-order valence-corrected chi connectivity index (χ4v) is 2.53. The van der Waals surface area contributed by atoms with Gasteiger partial charge >= 0.3 is 0 Å². The van der Waals surface area contributed by atoms with Gasteiger partial charge in [-0.3, -0.25) is 0 Å². The molecule has 2 aromatic carbocycles. The Kier molecular flexibility index (Phi) is 5.94. The summed E-state index contributed by atoms with van der Waals surface area (Å²) in [6.07, 6.45) is 0. The summed E-state index contributed by atoms with van der Waals surface area (Å²) in [6, 6.07) is 17.3. The standard InChI is InChI=1S/C20H22N4O3/c1-25-17-9-8-14(10-19(17)26-2)12-22-20(21)23-13-16-11-18(27-24-16)15-6-4-3-5-7-15/h3-11H,12-13H2,1-2H3,(H3,21,22,23). The third-order valence-electron chi connectivity index (χ3n) is 3.95. The summed E-state index contributed by atoms with van der Waals surface area (Å²) >= 11 is 0. The Bertz CT molecular complexity index is 907. The van der Waals surface area contributed by atoms with E-state index in [1.54, 1.807) is 14.2 Å². The molecule has 27 heavy (non-hydrogen) atoms. The Morgan fingerprint density at radius 2 is 1.85 bits per heavy atom. The van der Waals surface area contributed by atoms with E-state index in [0.29, 0.717) is 36.3 Å². The molecule has 0 saturated carbocycles. The molecule has 7 heteroatoms. The van der Waals surface area contributed by atoms with Crippen molar-refractivity contribution in [2.75, 3.05) is 14.2 Å². The van der Waals surface area contributed by atoms with Gasteiger partial charge in [-0.1, -0.05) is 41.6 Å². The molecule has 0 aliphatic carbocycles. The predicted molar refractivity (Wildman–Crippen MR) is 104 cm³/mol. The maximum Gasteiger partial charge on any atom is 0.189 e. The number of hydrogen-bond acceptors (Lipinski definition) is 5. The van der Waals surface area contributed by atoms with Crippen LogP contribution in [0.3, 0.4) is 0 Å². The van der Waals surface area contributed by atoms with Crippen molar-refractivity contribution in [3.05, 3.63) is 65.9 Å². The average molecular weight is 366 g/mol. The number of aromatic nitrogens is 1. The largest absolute Gasteiger partial charge is 0.493 e. The van der Waals surface area contributed by atoms with E-state index in [1.165, 1.54) is 0 Å². The van der Waals surface area contributed by atoms with E-state index in [-0.39, 0.29) is 0 Å². The van der Waals surface area contributed by atoms with Crippen molar-refractivity contribution in [3.8, 4) is 22.8 Å². The molecule has 1 aromatic heterocycles. The molecule has 0 fully saturated rings. The van der Waals surface area contributed by atoms with Crippen molar-refractivity contribution in [2.24, 2.45) is 10.7 Å². The normalized spacial score (nSPS) is 11.3. The second-order valence-electron chi connectivity index (χ2n) is 5.79. The highest BCUT2D eigenvalue weighted by Gasteiger charge is 2.07. The van der Waals surface area contributed by atoms with E-state index in [0.717, 1.165) is 16.8 Å². The highest BCUT2D eigenvalue weighted by Crippen LogP contribution is 2.27. The van der Waals surface area contributed by atoms with Gasteiger partial charge in [0.2, 0.25) is 0 Å². The summed E-state index contributed by atoms with van der Waals surface area (Å²) in [5, 5.41) is 7.08. The Morgan fingerprint density at radius 1 is 1.07 bits per heavy atom. The van der Waals surface area contributed by atoms with E-state index in [2.05, 4.69) is 15.5 Å². The summed E-state index contributed by atoms with van der Waals surface area (Å²) in [5.74, 6) is 2.38. The average Bonchev–Trinajstić information content (AvgIpc) is 3.20. The molecule has 0 spiro atoms. The van der Waals surface area contributed by atoms with Crippen LogP contribution in [0, 0.1) is 0 Å². The van der Waals surface area contributed by atoms with Crippen LogP contribution in [0.4, 0.5) is 0 Å². The first-order valence-corrected chi connectivity index (χ1v) is 8.45. The van der Waals surface area contributed by atoms with Gasteiger partial charge in [-0.25, -0.2) is 4.99 Å². The summed E-state index contributed by atoms with van der Waals surface area (Å²) in [4.78, 5) is 4.33. The molecule has 7 nitrogen and oxygen atoms in total. The molecule has 0 unspecified atom stereocenters. The zero-order valence-electron chi connectivity index (χ0n) is 15.3. The fourth-order valence-electron chi connectivity index (χ4n) is 2.53. The van der Waals surface area contributed by atoms with Crippen LogP contribution in [0.1, 0.15) is 11.3 Å². The van der Waals surface area contributed by atoms with Crippen molar-refractivity contribution >= 4 is 5.96 Å². The van der Waals surface area contributed by atoms with Gasteiger partial charge in [0.1, 0.15) is 5.69 Å². The van der Waals surface area contributed by atoms with Gasteiger partial charge in [0.05, 0.1) is 27.3 Å². The zero-order chi connectivity index (χ0) is 19.1. The van der Waals surface area contributed by atoms with Crippen LogP contribution in [0.15, 0.2) is 64.1 Å². The Balaban J connectivity index is 1.56. The molecule has 3 rings (SSSR count). The van der Waals surface area contributed by atoms with Crippen LogP contribution in [0.2, 0.25) is 0 Å². The van der Waals surface area contributed by atoms with Crippen molar-refractivity contribution < 1.29 is 14.0 Å². The lowest BCUT2D eigenvalue weighted by Gasteiger charge is -2.09. The zero-order valence-corrected chi connectivity index (χ0v) is 15.3. The highest BCUT2D eigenvalue weighted by atomic mass is 16.5. The number of nitrogens with one attached hydrogen (secondary N) is 1. The third kappa shape index (κ3) is 4.78. The minimum atomic E-state index is 0.328. The number of ether oxygens (including phenoxy) is 2. The lowest BCUT2D eigenvalue weighted by molar-refractivity contribution is 0.354. The molecule has 3 aromatic rings. The minimum Gasteiger partial charge on any atom is -0.493 e. The minimum absolute atomic E-state index is 0.328. The summed E-state index contributed by atoms with van der Waals surface area (Å²) in [5.41, 5.74) is 8.63. The molecule has 0 saturated heterocycles. The quantitative estimate of drug-likeness (QED) is 0.493. The second kappa shape index (κ2) is 8.75. The summed E-state index contributed by atoms with van der Waals surface area (Å²) in [7, 11) is 3.20. The van der Waals surface area contributed by atoms with E-state index in [1.807, 2.05) is 54.6 Å². The number of rotatable bonds is 7. The first-order chi connectivity index (χ1) is 13.2. The molecule has 3 N–H and O–H groups in total. The molecule has 0 radical (unpaired) electrons. The monoisotopic (exact) mass is 366 g/mol.